The molecule has 0 amide bonds. The molecule has 0 aromatic carbocycles. The zero-order valence-electron chi connectivity index (χ0n) is 6.94. The van der Waals surface area contributed by atoms with E-state index in [9.17, 15) is 0 Å². The minimum Gasteiger partial charge on any atom is -0.402 e. The van der Waals surface area contributed by atoms with E-state index in [4.69, 9.17) is 5.73 Å². The van der Waals surface area contributed by atoms with Gasteiger partial charge in [-0.1, -0.05) is 31.8 Å². The average molecular weight is 153 g/mol. The van der Waals surface area contributed by atoms with E-state index in [0.717, 1.165) is 12.1 Å². The zero-order valence-corrected chi connectivity index (χ0v) is 7.94. The lowest BCUT2D eigenvalue weighted by molar-refractivity contribution is 1.19. The predicted molar refractivity (Wildman–Crippen MR) is 48.3 cm³/mol. The number of hydrogen-bond acceptors (Lipinski definition) is 1. The van der Waals surface area contributed by atoms with E-state index >= 15 is 0 Å². The van der Waals surface area contributed by atoms with Crippen molar-refractivity contribution in [2.45, 2.75) is 26.1 Å². The standard InChI is InChI=1S/C8H15NSi/c1-10(2,3)8-6-4-5-7(8)9/h4,6H,5,9H2,1-3H3. The van der Waals surface area contributed by atoms with Crippen LogP contribution in [-0.2, 0) is 0 Å². The molecule has 0 aliphatic heterocycles. The lowest BCUT2D eigenvalue weighted by atomic mass is 10.4. The van der Waals surface area contributed by atoms with Gasteiger partial charge >= 0.3 is 0 Å². The smallest absolute Gasteiger partial charge is 0.0798 e. The quantitative estimate of drug-likeness (QED) is 0.573. The van der Waals surface area contributed by atoms with Gasteiger partial charge in [0.25, 0.3) is 0 Å². The van der Waals surface area contributed by atoms with Crippen molar-refractivity contribution in [3.8, 4) is 0 Å². The summed E-state index contributed by atoms with van der Waals surface area (Å²) in [5.41, 5.74) is 6.91. The maximum atomic E-state index is 5.82. The van der Waals surface area contributed by atoms with Crippen LogP contribution in [0.25, 0.3) is 0 Å². The van der Waals surface area contributed by atoms with Crippen molar-refractivity contribution in [2.24, 2.45) is 5.73 Å². The molecule has 0 saturated heterocycles. The Labute approximate surface area is 63.6 Å². The van der Waals surface area contributed by atoms with Crippen molar-refractivity contribution in [1.82, 2.24) is 0 Å². The van der Waals surface area contributed by atoms with Crippen LogP contribution in [0.3, 0.4) is 0 Å². The van der Waals surface area contributed by atoms with E-state index in [2.05, 4.69) is 31.8 Å². The number of allylic oxidation sites excluding steroid dienone is 3. The largest absolute Gasteiger partial charge is 0.402 e. The van der Waals surface area contributed by atoms with Gasteiger partial charge in [-0.25, -0.2) is 0 Å². The first kappa shape index (κ1) is 7.60. The molecule has 0 fully saturated rings. The Kier molecular flexibility index (Phi) is 1.73. The van der Waals surface area contributed by atoms with Crippen molar-refractivity contribution in [2.75, 3.05) is 0 Å². The van der Waals surface area contributed by atoms with Crippen LogP contribution in [0.4, 0.5) is 0 Å². The number of hydrogen-bond donors (Lipinski definition) is 1. The molecule has 0 radical (unpaired) electrons. The van der Waals surface area contributed by atoms with Crippen LogP contribution in [0.1, 0.15) is 6.42 Å². The highest BCUT2D eigenvalue weighted by atomic mass is 28.3. The third-order valence-corrected chi connectivity index (χ3v) is 3.88. The van der Waals surface area contributed by atoms with Gasteiger partial charge in [-0.3, -0.25) is 0 Å². The fraction of sp³-hybridized carbons (Fsp3) is 0.500. The maximum absolute atomic E-state index is 5.82. The first-order valence-electron chi connectivity index (χ1n) is 3.67. The van der Waals surface area contributed by atoms with Crippen molar-refractivity contribution in [3.63, 3.8) is 0 Å². The minimum atomic E-state index is -1.12. The van der Waals surface area contributed by atoms with Gasteiger partial charge in [0, 0.05) is 12.1 Å². The van der Waals surface area contributed by atoms with E-state index in [1.807, 2.05) is 0 Å². The summed E-state index contributed by atoms with van der Waals surface area (Å²) < 4.78 is 0. The topological polar surface area (TPSA) is 26.0 Å². The molecule has 0 spiro atoms. The van der Waals surface area contributed by atoms with Gasteiger partial charge in [-0.2, -0.15) is 0 Å². The van der Waals surface area contributed by atoms with Crippen LogP contribution in [0.15, 0.2) is 23.0 Å². The Morgan fingerprint density at radius 3 is 2.20 bits per heavy atom. The molecule has 10 heavy (non-hydrogen) atoms. The fourth-order valence-corrected chi connectivity index (χ4v) is 2.94. The molecule has 0 aromatic rings. The monoisotopic (exact) mass is 153 g/mol. The second-order valence-electron chi connectivity index (χ2n) is 3.80. The molecule has 0 atom stereocenters. The minimum absolute atomic E-state index is 0.972. The summed E-state index contributed by atoms with van der Waals surface area (Å²) in [6, 6.07) is 0. The zero-order chi connectivity index (χ0) is 7.78. The summed E-state index contributed by atoms with van der Waals surface area (Å²) in [4.78, 5) is 0. The molecule has 56 valence electrons. The molecule has 1 nitrogen and oxygen atoms in total. The highest BCUT2D eigenvalue weighted by Crippen LogP contribution is 2.23. The summed E-state index contributed by atoms with van der Waals surface area (Å²) in [6.45, 7) is 6.97. The summed E-state index contributed by atoms with van der Waals surface area (Å²) in [5, 5.41) is 1.44. The highest BCUT2D eigenvalue weighted by Gasteiger charge is 2.21. The molecule has 0 saturated carbocycles. The summed E-state index contributed by atoms with van der Waals surface area (Å²) in [6.07, 6.45) is 5.32. The Morgan fingerprint density at radius 1 is 1.40 bits per heavy atom. The Morgan fingerprint density at radius 2 is 2.00 bits per heavy atom. The maximum Gasteiger partial charge on any atom is 0.0798 e. The molecule has 0 bridgehead atoms. The van der Waals surface area contributed by atoms with E-state index < -0.39 is 8.07 Å². The molecular weight excluding hydrogens is 138 g/mol. The third-order valence-electron chi connectivity index (χ3n) is 1.78. The van der Waals surface area contributed by atoms with Crippen LogP contribution in [-0.4, -0.2) is 8.07 Å². The van der Waals surface area contributed by atoms with Gasteiger partial charge in [0.1, 0.15) is 0 Å². The van der Waals surface area contributed by atoms with Crippen molar-refractivity contribution in [3.05, 3.63) is 23.0 Å². The van der Waals surface area contributed by atoms with E-state index in [0.29, 0.717) is 0 Å². The van der Waals surface area contributed by atoms with Crippen molar-refractivity contribution in [1.29, 1.82) is 0 Å². The van der Waals surface area contributed by atoms with Gasteiger partial charge in [-0.05, 0) is 5.20 Å². The average Bonchev–Trinajstić information content (AvgIpc) is 2.11. The molecule has 1 aliphatic rings. The predicted octanol–water partition coefficient (Wildman–Crippen LogP) is 2.04. The van der Waals surface area contributed by atoms with Crippen molar-refractivity contribution >= 4 is 8.07 Å². The second-order valence-corrected chi connectivity index (χ2v) is 8.83. The van der Waals surface area contributed by atoms with E-state index in [-0.39, 0.29) is 0 Å². The van der Waals surface area contributed by atoms with Crippen LogP contribution in [0.5, 0.6) is 0 Å². The molecule has 0 heterocycles. The molecule has 2 N–H and O–H groups in total. The third kappa shape index (κ3) is 1.32. The van der Waals surface area contributed by atoms with Crippen LogP contribution < -0.4 is 5.73 Å². The normalized spacial score (nSPS) is 18.7. The van der Waals surface area contributed by atoms with Crippen LogP contribution >= 0.6 is 0 Å². The lowest BCUT2D eigenvalue weighted by Gasteiger charge is -2.17. The Balaban J connectivity index is 2.91. The molecular formula is C8H15NSi. The van der Waals surface area contributed by atoms with E-state index in [1.165, 1.54) is 5.20 Å². The molecule has 1 rings (SSSR count). The van der Waals surface area contributed by atoms with Gasteiger partial charge in [0.2, 0.25) is 0 Å². The first-order chi connectivity index (χ1) is 4.52. The first-order valence-corrected chi connectivity index (χ1v) is 7.17. The van der Waals surface area contributed by atoms with Gasteiger partial charge in [-0.15, -0.1) is 0 Å². The van der Waals surface area contributed by atoms with Gasteiger partial charge in [0.15, 0.2) is 0 Å². The lowest BCUT2D eigenvalue weighted by Crippen LogP contribution is -2.24. The highest BCUT2D eigenvalue weighted by molar-refractivity contribution is 6.83. The van der Waals surface area contributed by atoms with Gasteiger partial charge in [0.05, 0.1) is 8.07 Å². The summed E-state index contributed by atoms with van der Waals surface area (Å²) in [7, 11) is -1.12. The molecule has 2 heteroatoms. The summed E-state index contributed by atoms with van der Waals surface area (Å²) >= 11 is 0. The Bertz CT molecular complexity index is 196. The second kappa shape index (κ2) is 2.27. The Hall–Kier alpha value is -0.503. The molecule has 0 unspecified atom stereocenters. The summed E-state index contributed by atoms with van der Waals surface area (Å²) in [5.74, 6) is 0. The SMILES string of the molecule is C[Si](C)(C)C1=C(N)CC=C1. The van der Waals surface area contributed by atoms with Crippen LogP contribution in [0, 0.1) is 0 Å². The molecule has 0 aromatic heterocycles. The fourth-order valence-electron chi connectivity index (χ4n) is 1.25. The molecule has 1 aliphatic carbocycles. The number of nitrogens with two attached hydrogens (primary N) is 1. The van der Waals surface area contributed by atoms with Crippen LogP contribution in [0.2, 0.25) is 19.6 Å². The van der Waals surface area contributed by atoms with E-state index in [1.54, 1.807) is 0 Å². The van der Waals surface area contributed by atoms with Crippen molar-refractivity contribution < 1.29 is 0 Å². The number of rotatable bonds is 1. The van der Waals surface area contributed by atoms with Gasteiger partial charge < -0.3 is 5.73 Å².